The zero-order valence-corrected chi connectivity index (χ0v) is 15.0. The lowest BCUT2D eigenvalue weighted by atomic mass is 9.99. The molecule has 3 rings (SSSR count). The van der Waals surface area contributed by atoms with Gasteiger partial charge in [-0.05, 0) is 68.1 Å². The van der Waals surface area contributed by atoms with Crippen molar-refractivity contribution >= 4 is 17.3 Å². The molecule has 2 aromatic rings. The van der Waals surface area contributed by atoms with Gasteiger partial charge in [0.15, 0.2) is 0 Å². The Morgan fingerprint density at radius 2 is 1.88 bits per heavy atom. The molecule has 0 aliphatic carbocycles. The molecule has 2 aromatic carbocycles. The lowest BCUT2D eigenvalue weighted by molar-refractivity contribution is 0.102. The van der Waals surface area contributed by atoms with Crippen LogP contribution in [0.3, 0.4) is 0 Å². The summed E-state index contributed by atoms with van der Waals surface area (Å²) in [4.78, 5) is 14.8. The van der Waals surface area contributed by atoms with Gasteiger partial charge in [0.05, 0.1) is 6.61 Å². The topological polar surface area (TPSA) is 41.6 Å². The van der Waals surface area contributed by atoms with Crippen LogP contribution in [0, 0.1) is 5.92 Å². The highest BCUT2D eigenvalue weighted by Gasteiger charge is 2.16. The van der Waals surface area contributed by atoms with Crippen LogP contribution in [-0.4, -0.2) is 25.6 Å². The fourth-order valence-corrected chi connectivity index (χ4v) is 3.12. The Morgan fingerprint density at radius 3 is 2.56 bits per heavy atom. The van der Waals surface area contributed by atoms with Crippen LogP contribution in [0.4, 0.5) is 11.4 Å². The van der Waals surface area contributed by atoms with Gasteiger partial charge in [-0.1, -0.05) is 13.0 Å². The fraction of sp³-hybridized carbons (Fsp3) is 0.381. The Kier molecular flexibility index (Phi) is 5.59. The van der Waals surface area contributed by atoms with Crippen molar-refractivity contribution in [2.45, 2.75) is 26.7 Å². The van der Waals surface area contributed by atoms with Crippen LogP contribution in [0.2, 0.25) is 0 Å². The molecule has 0 atom stereocenters. The van der Waals surface area contributed by atoms with E-state index in [4.69, 9.17) is 4.74 Å². The summed E-state index contributed by atoms with van der Waals surface area (Å²) in [5, 5.41) is 2.95. The molecular formula is C21H26N2O2. The zero-order valence-electron chi connectivity index (χ0n) is 15.0. The molecule has 4 heteroatoms. The van der Waals surface area contributed by atoms with Crippen molar-refractivity contribution in [1.29, 1.82) is 0 Å². The van der Waals surface area contributed by atoms with E-state index in [1.165, 1.54) is 18.5 Å². The molecule has 0 aromatic heterocycles. The van der Waals surface area contributed by atoms with Crippen molar-refractivity contribution in [2.75, 3.05) is 29.9 Å². The Labute approximate surface area is 149 Å². The zero-order chi connectivity index (χ0) is 17.6. The number of nitrogens with one attached hydrogen (secondary N) is 1. The van der Waals surface area contributed by atoms with Gasteiger partial charge in [0.1, 0.15) is 5.75 Å². The smallest absolute Gasteiger partial charge is 0.255 e. The van der Waals surface area contributed by atoms with Crippen LogP contribution in [0.5, 0.6) is 5.75 Å². The van der Waals surface area contributed by atoms with Crippen LogP contribution in [0.15, 0.2) is 48.5 Å². The summed E-state index contributed by atoms with van der Waals surface area (Å²) in [5.74, 6) is 1.41. The Bertz CT molecular complexity index is 704. The number of carbonyl (C=O) groups excluding carboxylic acids is 1. The highest BCUT2D eigenvalue weighted by atomic mass is 16.5. The summed E-state index contributed by atoms with van der Waals surface area (Å²) in [7, 11) is 0. The number of amides is 1. The van der Waals surface area contributed by atoms with Gasteiger partial charge < -0.3 is 15.0 Å². The largest absolute Gasteiger partial charge is 0.494 e. The standard InChI is InChI=1S/C21H26N2O2/c1-3-25-20-6-4-5-17(15-20)21(24)22-18-7-9-19(10-8-18)23-13-11-16(2)12-14-23/h4-10,15-16H,3,11-14H2,1-2H3,(H,22,24). The molecule has 132 valence electrons. The van der Waals surface area contributed by atoms with Crippen LogP contribution < -0.4 is 15.0 Å². The highest BCUT2D eigenvalue weighted by Crippen LogP contribution is 2.24. The summed E-state index contributed by atoms with van der Waals surface area (Å²) >= 11 is 0. The van der Waals surface area contributed by atoms with Gasteiger partial charge in [-0.2, -0.15) is 0 Å². The maximum absolute atomic E-state index is 12.4. The molecule has 4 nitrogen and oxygen atoms in total. The quantitative estimate of drug-likeness (QED) is 0.868. The monoisotopic (exact) mass is 338 g/mol. The number of hydrogen-bond donors (Lipinski definition) is 1. The second-order valence-corrected chi connectivity index (χ2v) is 6.63. The lowest BCUT2D eigenvalue weighted by Gasteiger charge is -2.32. The van der Waals surface area contributed by atoms with Gasteiger partial charge in [-0.15, -0.1) is 0 Å². The maximum Gasteiger partial charge on any atom is 0.255 e. The number of nitrogens with zero attached hydrogens (tertiary/aromatic N) is 1. The number of ether oxygens (including phenoxy) is 1. The fourth-order valence-electron chi connectivity index (χ4n) is 3.12. The number of rotatable bonds is 5. The molecule has 1 heterocycles. The SMILES string of the molecule is CCOc1cccc(C(=O)Nc2ccc(N3CCC(C)CC3)cc2)c1. The van der Waals surface area contributed by atoms with E-state index in [2.05, 4.69) is 29.3 Å². The van der Waals surface area contributed by atoms with Crippen molar-refractivity contribution in [3.05, 3.63) is 54.1 Å². The second-order valence-electron chi connectivity index (χ2n) is 6.63. The molecule has 1 amide bonds. The Balaban J connectivity index is 1.63. The second kappa shape index (κ2) is 8.06. The van der Waals surface area contributed by atoms with E-state index in [0.29, 0.717) is 17.9 Å². The van der Waals surface area contributed by atoms with E-state index >= 15 is 0 Å². The van der Waals surface area contributed by atoms with Crippen LogP contribution in [0.1, 0.15) is 37.0 Å². The van der Waals surface area contributed by atoms with Gasteiger partial charge in [0.25, 0.3) is 5.91 Å². The average molecular weight is 338 g/mol. The molecule has 1 N–H and O–H groups in total. The minimum absolute atomic E-state index is 0.124. The number of anilines is 2. The van der Waals surface area contributed by atoms with Crippen molar-refractivity contribution in [1.82, 2.24) is 0 Å². The predicted molar refractivity (Wildman–Crippen MR) is 103 cm³/mol. The minimum Gasteiger partial charge on any atom is -0.494 e. The van der Waals surface area contributed by atoms with Crippen LogP contribution >= 0.6 is 0 Å². The van der Waals surface area contributed by atoms with E-state index in [9.17, 15) is 4.79 Å². The first-order valence-electron chi connectivity index (χ1n) is 9.05. The summed E-state index contributed by atoms with van der Waals surface area (Å²) < 4.78 is 5.45. The van der Waals surface area contributed by atoms with E-state index in [1.807, 2.05) is 31.2 Å². The summed E-state index contributed by atoms with van der Waals surface area (Å²) in [6.45, 7) is 7.05. The predicted octanol–water partition coefficient (Wildman–Crippen LogP) is 4.57. The molecule has 1 aliphatic heterocycles. The minimum atomic E-state index is -0.124. The first kappa shape index (κ1) is 17.3. The average Bonchev–Trinajstić information content (AvgIpc) is 2.64. The first-order chi connectivity index (χ1) is 12.2. The maximum atomic E-state index is 12.4. The van der Waals surface area contributed by atoms with E-state index in [1.54, 1.807) is 12.1 Å². The Hall–Kier alpha value is -2.49. The van der Waals surface area contributed by atoms with Gasteiger partial charge in [-0.3, -0.25) is 4.79 Å². The summed E-state index contributed by atoms with van der Waals surface area (Å²) in [6, 6.07) is 15.4. The molecule has 0 spiro atoms. The van der Waals surface area contributed by atoms with Gasteiger partial charge in [0, 0.05) is 30.0 Å². The molecule has 1 saturated heterocycles. The molecule has 1 fully saturated rings. The molecule has 0 saturated carbocycles. The van der Waals surface area contributed by atoms with Gasteiger partial charge >= 0.3 is 0 Å². The molecule has 25 heavy (non-hydrogen) atoms. The van der Waals surface area contributed by atoms with E-state index in [-0.39, 0.29) is 5.91 Å². The molecular weight excluding hydrogens is 312 g/mol. The van der Waals surface area contributed by atoms with Crippen molar-refractivity contribution in [3.63, 3.8) is 0 Å². The first-order valence-corrected chi connectivity index (χ1v) is 9.05. The number of piperidine rings is 1. The van der Waals surface area contributed by atoms with E-state index < -0.39 is 0 Å². The van der Waals surface area contributed by atoms with Gasteiger partial charge in [0.2, 0.25) is 0 Å². The van der Waals surface area contributed by atoms with E-state index in [0.717, 1.165) is 24.7 Å². The van der Waals surface area contributed by atoms with Crippen molar-refractivity contribution in [2.24, 2.45) is 5.92 Å². The van der Waals surface area contributed by atoms with Crippen LogP contribution in [0.25, 0.3) is 0 Å². The van der Waals surface area contributed by atoms with Crippen molar-refractivity contribution in [3.8, 4) is 5.75 Å². The number of carbonyl (C=O) groups is 1. The summed E-state index contributed by atoms with van der Waals surface area (Å²) in [5.41, 5.74) is 2.63. The Morgan fingerprint density at radius 1 is 1.16 bits per heavy atom. The lowest BCUT2D eigenvalue weighted by Crippen LogP contribution is -2.32. The molecule has 0 bridgehead atoms. The van der Waals surface area contributed by atoms with Gasteiger partial charge in [-0.25, -0.2) is 0 Å². The summed E-state index contributed by atoms with van der Waals surface area (Å²) in [6.07, 6.45) is 2.49. The molecule has 0 radical (unpaired) electrons. The molecule has 0 unspecified atom stereocenters. The normalized spacial score (nSPS) is 15.0. The number of hydrogen-bond acceptors (Lipinski definition) is 3. The number of benzene rings is 2. The third kappa shape index (κ3) is 4.53. The highest BCUT2D eigenvalue weighted by molar-refractivity contribution is 6.04. The third-order valence-electron chi connectivity index (χ3n) is 4.68. The van der Waals surface area contributed by atoms with Crippen molar-refractivity contribution < 1.29 is 9.53 Å². The third-order valence-corrected chi connectivity index (χ3v) is 4.68. The molecule has 1 aliphatic rings. The van der Waals surface area contributed by atoms with Crippen LogP contribution in [-0.2, 0) is 0 Å².